The van der Waals surface area contributed by atoms with Crippen molar-refractivity contribution >= 4 is 22.4 Å². The van der Waals surface area contributed by atoms with Gasteiger partial charge in [0.15, 0.2) is 5.13 Å². The Morgan fingerprint density at radius 1 is 0.921 bits per heavy atom. The first-order valence-electron chi connectivity index (χ1n) is 11.0. The Bertz CT molecular complexity index is 1510. The highest BCUT2D eigenvalue weighted by atomic mass is 32.1. The molecule has 4 aromatic rings. The summed E-state index contributed by atoms with van der Waals surface area (Å²) >= 11 is 0.915. The number of halogens is 6. The predicted molar refractivity (Wildman–Crippen MR) is 130 cm³/mol. The average Bonchev–Trinajstić information content (AvgIpc) is 3.26. The number of amides is 1. The van der Waals surface area contributed by atoms with E-state index in [1.165, 1.54) is 6.07 Å². The van der Waals surface area contributed by atoms with Crippen LogP contribution in [0.15, 0.2) is 59.4 Å². The predicted octanol–water partition coefficient (Wildman–Crippen LogP) is 6.97. The van der Waals surface area contributed by atoms with Crippen molar-refractivity contribution in [1.29, 1.82) is 0 Å². The molecule has 6 nitrogen and oxygen atoms in total. The molecule has 2 heterocycles. The van der Waals surface area contributed by atoms with Gasteiger partial charge in [-0.15, -0.1) is 0 Å². The fraction of sp³-hybridized carbons (Fsp3) is 0.200. The van der Waals surface area contributed by atoms with Crippen molar-refractivity contribution in [1.82, 2.24) is 15.2 Å². The standard InChI is InChI=1S/C25H18F6N4O2S/c1-12(2)17-11-18(36)34-35-20(17)21-19(13-6-4-3-5-7-13)32-23(38-21)33-22(37)14-8-15(24(26,27)28)10-16(9-14)25(29,30)31/h3-12H,1-2H3,(H,34,36)(H,32,33,37). The van der Waals surface area contributed by atoms with Crippen LogP contribution in [-0.4, -0.2) is 21.1 Å². The smallest absolute Gasteiger partial charge is 0.298 e. The van der Waals surface area contributed by atoms with E-state index in [4.69, 9.17) is 0 Å². The van der Waals surface area contributed by atoms with Crippen LogP contribution in [0.5, 0.6) is 0 Å². The van der Waals surface area contributed by atoms with E-state index in [1.807, 2.05) is 13.8 Å². The third kappa shape index (κ3) is 5.77. The molecular formula is C25H18F6N4O2S. The number of carbonyl (C=O) groups is 1. The number of hydrogen-bond acceptors (Lipinski definition) is 5. The van der Waals surface area contributed by atoms with Gasteiger partial charge in [-0.1, -0.05) is 55.5 Å². The zero-order valence-electron chi connectivity index (χ0n) is 19.7. The molecule has 13 heteroatoms. The fourth-order valence-corrected chi connectivity index (χ4v) is 4.61. The van der Waals surface area contributed by atoms with Crippen molar-refractivity contribution in [2.45, 2.75) is 32.1 Å². The maximum atomic E-state index is 13.2. The van der Waals surface area contributed by atoms with Crippen LogP contribution < -0.4 is 10.9 Å². The second-order valence-electron chi connectivity index (χ2n) is 8.50. The first-order chi connectivity index (χ1) is 17.7. The van der Waals surface area contributed by atoms with Crippen LogP contribution in [0.25, 0.3) is 21.8 Å². The monoisotopic (exact) mass is 552 g/mol. The molecule has 0 atom stereocenters. The van der Waals surface area contributed by atoms with Crippen LogP contribution in [0.1, 0.15) is 46.8 Å². The van der Waals surface area contributed by atoms with Gasteiger partial charge in [0.1, 0.15) is 5.69 Å². The Labute approximate surface area is 215 Å². The SMILES string of the molecule is CC(C)c1cc(=O)[nH]nc1-c1sc(NC(=O)c2cc(C(F)(F)F)cc(C(F)(F)F)c2)nc1-c1ccccc1. The number of thiazole rings is 1. The number of aromatic nitrogens is 3. The van der Waals surface area contributed by atoms with Gasteiger partial charge in [-0.05, 0) is 29.7 Å². The molecule has 0 radical (unpaired) electrons. The summed E-state index contributed by atoms with van der Waals surface area (Å²) in [6, 6.07) is 10.7. The van der Waals surface area contributed by atoms with Crippen LogP contribution in [0.3, 0.4) is 0 Å². The third-order valence-electron chi connectivity index (χ3n) is 5.42. The lowest BCUT2D eigenvalue weighted by Crippen LogP contribution is -2.17. The van der Waals surface area contributed by atoms with E-state index in [9.17, 15) is 35.9 Å². The molecule has 2 N–H and O–H groups in total. The summed E-state index contributed by atoms with van der Waals surface area (Å²) < 4.78 is 79.5. The molecular weight excluding hydrogens is 534 g/mol. The molecule has 0 aliphatic heterocycles. The molecule has 2 aromatic heterocycles. The Morgan fingerprint density at radius 3 is 2.08 bits per heavy atom. The summed E-state index contributed by atoms with van der Waals surface area (Å²) in [4.78, 5) is 29.6. The zero-order valence-corrected chi connectivity index (χ0v) is 20.5. The van der Waals surface area contributed by atoms with Crippen LogP contribution in [0.4, 0.5) is 31.5 Å². The molecule has 0 unspecified atom stereocenters. The molecule has 0 aliphatic rings. The van der Waals surface area contributed by atoms with Crippen LogP contribution >= 0.6 is 11.3 Å². The average molecular weight is 553 g/mol. The molecule has 4 rings (SSSR count). The lowest BCUT2D eigenvalue weighted by molar-refractivity contribution is -0.143. The topological polar surface area (TPSA) is 87.7 Å². The zero-order chi connectivity index (χ0) is 27.8. The molecule has 1 amide bonds. The highest BCUT2D eigenvalue weighted by Crippen LogP contribution is 2.41. The number of carbonyl (C=O) groups excluding carboxylic acids is 1. The van der Waals surface area contributed by atoms with E-state index in [2.05, 4.69) is 20.5 Å². The minimum Gasteiger partial charge on any atom is -0.298 e. The van der Waals surface area contributed by atoms with Crippen LogP contribution in [-0.2, 0) is 12.4 Å². The number of alkyl halides is 6. The van der Waals surface area contributed by atoms with Crippen molar-refractivity contribution in [3.8, 4) is 21.8 Å². The molecule has 38 heavy (non-hydrogen) atoms. The second-order valence-corrected chi connectivity index (χ2v) is 9.50. The number of H-pyrrole nitrogens is 1. The maximum absolute atomic E-state index is 13.2. The second kappa shape index (κ2) is 10.0. The minimum atomic E-state index is -5.10. The van der Waals surface area contributed by atoms with Gasteiger partial charge in [-0.3, -0.25) is 14.9 Å². The summed E-state index contributed by atoms with van der Waals surface area (Å²) in [5.74, 6) is -1.34. The van der Waals surface area contributed by atoms with E-state index >= 15 is 0 Å². The van der Waals surface area contributed by atoms with Gasteiger partial charge in [-0.2, -0.15) is 31.4 Å². The van der Waals surface area contributed by atoms with E-state index in [-0.39, 0.29) is 17.1 Å². The van der Waals surface area contributed by atoms with E-state index in [1.54, 1.807) is 30.3 Å². The van der Waals surface area contributed by atoms with Crippen LogP contribution in [0, 0.1) is 0 Å². The first kappa shape index (κ1) is 27.0. The molecule has 0 saturated carbocycles. The van der Waals surface area contributed by atoms with Crippen molar-refractivity contribution in [2.75, 3.05) is 5.32 Å². The maximum Gasteiger partial charge on any atom is 0.416 e. The summed E-state index contributed by atoms with van der Waals surface area (Å²) in [6.07, 6.45) is -10.2. The van der Waals surface area contributed by atoms with Gasteiger partial charge < -0.3 is 0 Å². The Balaban J connectivity index is 1.81. The Kier molecular flexibility index (Phi) is 7.15. The largest absolute Gasteiger partial charge is 0.416 e. The molecule has 0 aliphatic carbocycles. The summed E-state index contributed by atoms with van der Waals surface area (Å²) in [5.41, 5.74) is -2.57. The summed E-state index contributed by atoms with van der Waals surface area (Å²) in [5, 5.41) is 8.74. The molecule has 198 valence electrons. The molecule has 0 bridgehead atoms. The van der Waals surface area contributed by atoms with Gasteiger partial charge in [0.05, 0.1) is 21.7 Å². The summed E-state index contributed by atoms with van der Waals surface area (Å²) in [7, 11) is 0. The number of nitrogens with zero attached hydrogens (tertiary/aromatic N) is 2. The number of aromatic amines is 1. The van der Waals surface area contributed by atoms with Gasteiger partial charge in [0.25, 0.3) is 11.5 Å². The third-order valence-corrected chi connectivity index (χ3v) is 6.40. The fourth-order valence-electron chi connectivity index (χ4n) is 3.62. The highest BCUT2D eigenvalue weighted by molar-refractivity contribution is 7.19. The quantitative estimate of drug-likeness (QED) is 0.262. The molecule has 0 fully saturated rings. The number of rotatable bonds is 5. The summed E-state index contributed by atoms with van der Waals surface area (Å²) in [6.45, 7) is 3.69. The van der Waals surface area contributed by atoms with Crippen molar-refractivity contribution in [2.24, 2.45) is 0 Å². The number of hydrogen-bond donors (Lipinski definition) is 2. The normalized spacial score (nSPS) is 12.1. The molecule has 0 saturated heterocycles. The van der Waals surface area contributed by atoms with Gasteiger partial charge in [0.2, 0.25) is 0 Å². The van der Waals surface area contributed by atoms with Gasteiger partial charge in [-0.25, -0.2) is 10.1 Å². The lowest BCUT2D eigenvalue weighted by Gasteiger charge is -2.13. The molecule has 2 aromatic carbocycles. The number of nitrogens with one attached hydrogen (secondary N) is 2. The van der Waals surface area contributed by atoms with E-state index in [0.29, 0.717) is 39.5 Å². The number of benzene rings is 2. The van der Waals surface area contributed by atoms with Crippen LogP contribution in [0.2, 0.25) is 0 Å². The Hall–Kier alpha value is -4.00. The Morgan fingerprint density at radius 2 is 1.53 bits per heavy atom. The highest BCUT2D eigenvalue weighted by Gasteiger charge is 2.37. The van der Waals surface area contributed by atoms with E-state index in [0.717, 1.165) is 11.3 Å². The minimum absolute atomic E-state index is 0.0545. The number of anilines is 1. The van der Waals surface area contributed by atoms with Gasteiger partial charge >= 0.3 is 12.4 Å². The van der Waals surface area contributed by atoms with E-state index < -0.39 is 40.5 Å². The van der Waals surface area contributed by atoms with Crippen molar-refractivity contribution in [3.05, 3.63) is 87.2 Å². The van der Waals surface area contributed by atoms with Crippen molar-refractivity contribution in [3.63, 3.8) is 0 Å². The first-order valence-corrected chi connectivity index (χ1v) is 11.8. The molecule has 0 spiro atoms. The lowest BCUT2D eigenvalue weighted by atomic mass is 10.00. The van der Waals surface area contributed by atoms with Crippen molar-refractivity contribution < 1.29 is 31.1 Å². The van der Waals surface area contributed by atoms with Gasteiger partial charge in [0, 0.05) is 17.2 Å².